The third-order valence-electron chi connectivity index (χ3n) is 6.25. The summed E-state index contributed by atoms with van der Waals surface area (Å²) in [4.78, 5) is 28.0. The summed E-state index contributed by atoms with van der Waals surface area (Å²) in [6, 6.07) is 5.07. The maximum absolute atomic E-state index is 13.1. The largest absolute Gasteiger partial charge is 0.573 e. The van der Waals surface area contributed by atoms with E-state index in [1.165, 1.54) is 12.1 Å². The fourth-order valence-corrected chi connectivity index (χ4v) is 4.46. The maximum Gasteiger partial charge on any atom is 0.573 e. The number of likely N-dealkylation sites (tertiary alicyclic amines) is 1. The van der Waals surface area contributed by atoms with Crippen LogP contribution in [-0.2, 0) is 9.59 Å². The van der Waals surface area contributed by atoms with E-state index in [9.17, 15) is 22.8 Å². The summed E-state index contributed by atoms with van der Waals surface area (Å²) >= 11 is 0. The van der Waals surface area contributed by atoms with Gasteiger partial charge in [0.1, 0.15) is 5.75 Å². The molecule has 0 bridgehead atoms. The van der Waals surface area contributed by atoms with E-state index in [4.69, 9.17) is 0 Å². The number of hydrogen-bond donors (Lipinski definition) is 1. The Morgan fingerprint density at radius 2 is 1.50 bits per heavy atom. The van der Waals surface area contributed by atoms with Crippen LogP contribution in [0.15, 0.2) is 24.3 Å². The molecule has 0 aromatic heterocycles. The van der Waals surface area contributed by atoms with Crippen molar-refractivity contribution in [1.82, 2.24) is 4.90 Å². The monoisotopic (exact) mass is 396 g/mol. The summed E-state index contributed by atoms with van der Waals surface area (Å²) in [5.74, 6) is -0.445. The molecule has 1 aromatic rings. The first-order valence-electron chi connectivity index (χ1n) is 9.73. The number of piperidine rings is 1. The zero-order chi connectivity index (χ0) is 20.0. The van der Waals surface area contributed by atoms with E-state index in [1.807, 2.05) is 4.90 Å². The molecule has 1 N–H and O–H groups in total. The molecule has 5 nitrogen and oxygen atoms in total. The van der Waals surface area contributed by atoms with Gasteiger partial charge in [-0.25, -0.2) is 0 Å². The van der Waals surface area contributed by atoms with Crippen molar-refractivity contribution < 1.29 is 27.5 Å². The molecule has 152 valence electrons. The van der Waals surface area contributed by atoms with Gasteiger partial charge in [-0.05, 0) is 69.2 Å². The summed E-state index contributed by atoms with van der Waals surface area (Å²) in [5, 5.41) is 2.79. The average molecular weight is 396 g/mol. The van der Waals surface area contributed by atoms with Crippen LogP contribution in [0.4, 0.5) is 18.9 Å². The van der Waals surface area contributed by atoms with Crippen LogP contribution in [0.3, 0.4) is 0 Å². The molecule has 1 aliphatic heterocycles. The molecule has 2 aliphatic carbocycles. The Morgan fingerprint density at radius 3 is 2.00 bits per heavy atom. The normalized spacial score (nSPS) is 22.3. The smallest absolute Gasteiger partial charge is 0.406 e. The van der Waals surface area contributed by atoms with Crippen LogP contribution in [-0.4, -0.2) is 36.2 Å². The first-order chi connectivity index (χ1) is 13.3. The van der Waals surface area contributed by atoms with Crippen molar-refractivity contribution in [2.75, 3.05) is 18.4 Å². The minimum absolute atomic E-state index is 0.105. The van der Waals surface area contributed by atoms with Gasteiger partial charge in [0.15, 0.2) is 0 Å². The van der Waals surface area contributed by atoms with E-state index < -0.39 is 17.2 Å². The molecule has 28 heavy (non-hydrogen) atoms. The lowest BCUT2D eigenvalue weighted by Crippen LogP contribution is -2.47. The molecule has 0 radical (unpaired) electrons. The number of amides is 2. The second kappa shape index (κ2) is 6.67. The first kappa shape index (κ1) is 19.1. The molecule has 3 aliphatic rings. The van der Waals surface area contributed by atoms with E-state index in [0.717, 1.165) is 57.3 Å². The highest BCUT2D eigenvalue weighted by Crippen LogP contribution is 2.71. The van der Waals surface area contributed by atoms with Gasteiger partial charge in [-0.1, -0.05) is 0 Å². The second-order valence-electron chi connectivity index (χ2n) is 8.04. The molecule has 2 amide bonds. The lowest BCUT2D eigenvalue weighted by Gasteiger charge is -2.34. The number of nitrogens with one attached hydrogen (secondary N) is 1. The van der Waals surface area contributed by atoms with Crippen LogP contribution in [0.2, 0.25) is 0 Å². The molecule has 4 rings (SSSR count). The third kappa shape index (κ3) is 3.44. The van der Waals surface area contributed by atoms with Crippen LogP contribution in [0, 0.1) is 10.8 Å². The number of halogens is 3. The number of rotatable bonds is 5. The molecule has 0 atom stereocenters. The minimum Gasteiger partial charge on any atom is -0.406 e. The lowest BCUT2D eigenvalue weighted by molar-refractivity contribution is -0.274. The van der Waals surface area contributed by atoms with Gasteiger partial charge in [-0.3, -0.25) is 9.59 Å². The number of alkyl halides is 3. The van der Waals surface area contributed by atoms with Gasteiger partial charge in [0.2, 0.25) is 11.8 Å². The van der Waals surface area contributed by atoms with Crippen LogP contribution < -0.4 is 10.1 Å². The van der Waals surface area contributed by atoms with Crippen molar-refractivity contribution in [3.63, 3.8) is 0 Å². The highest BCUT2D eigenvalue weighted by Gasteiger charge is 2.73. The average Bonchev–Trinajstić information content (AvgIpc) is 3.54. The minimum atomic E-state index is -4.75. The number of carbonyl (C=O) groups excluding carboxylic acids is 2. The molecule has 0 unspecified atom stereocenters. The molecular weight excluding hydrogens is 373 g/mol. The quantitative estimate of drug-likeness (QED) is 0.815. The van der Waals surface area contributed by atoms with E-state index >= 15 is 0 Å². The number of anilines is 1. The molecule has 8 heteroatoms. The Labute approximate surface area is 161 Å². The molecule has 1 aromatic carbocycles. The Morgan fingerprint density at radius 1 is 0.929 bits per heavy atom. The van der Waals surface area contributed by atoms with E-state index in [2.05, 4.69) is 10.1 Å². The van der Waals surface area contributed by atoms with Gasteiger partial charge < -0.3 is 15.0 Å². The van der Waals surface area contributed by atoms with Gasteiger partial charge >= 0.3 is 6.36 Å². The van der Waals surface area contributed by atoms with Gasteiger partial charge in [0.25, 0.3) is 0 Å². The number of ether oxygens (including phenoxy) is 1. The topological polar surface area (TPSA) is 58.6 Å². The van der Waals surface area contributed by atoms with E-state index in [0.29, 0.717) is 18.5 Å². The molecule has 1 saturated heterocycles. The number of hydrogen-bond acceptors (Lipinski definition) is 3. The predicted octanol–water partition coefficient (Wildman–Crippen LogP) is 4.10. The van der Waals surface area contributed by atoms with Crippen molar-refractivity contribution in [3.8, 4) is 5.75 Å². The summed E-state index contributed by atoms with van der Waals surface area (Å²) < 4.78 is 40.6. The first-order valence-corrected chi connectivity index (χ1v) is 9.73. The van der Waals surface area contributed by atoms with Gasteiger partial charge in [-0.15, -0.1) is 13.2 Å². The van der Waals surface area contributed by atoms with Crippen LogP contribution >= 0.6 is 0 Å². The highest BCUT2D eigenvalue weighted by atomic mass is 19.4. The van der Waals surface area contributed by atoms with Crippen LogP contribution in [0.1, 0.15) is 44.9 Å². The van der Waals surface area contributed by atoms with Crippen molar-refractivity contribution in [3.05, 3.63) is 24.3 Å². The molecule has 2 saturated carbocycles. The van der Waals surface area contributed by atoms with Gasteiger partial charge in [-0.2, -0.15) is 0 Å². The number of benzene rings is 1. The SMILES string of the molecule is O=C(Nc1ccc(OC(F)(F)F)cc1)C1(C2(C(=O)N3CCCCC3)CC2)CC1. The van der Waals surface area contributed by atoms with Crippen LogP contribution in [0.5, 0.6) is 5.75 Å². The standard InChI is InChI=1S/C20H23F3N2O3/c21-20(22,23)28-15-6-4-14(5-7-15)24-16(26)18(8-9-18)19(10-11-19)17(27)25-12-2-1-3-13-25/h4-7H,1-3,8-13H2,(H,24,26). The van der Waals surface area contributed by atoms with E-state index in [1.54, 1.807) is 0 Å². The zero-order valence-electron chi connectivity index (χ0n) is 15.5. The van der Waals surface area contributed by atoms with Crippen molar-refractivity contribution in [1.29, 1.82) is 0 Å². The van der Waals surface area contributed by atoms with Crippen molar-refractivity contribution >= 4 is 17.5 Å². The fourth-order valence-electron chi connectivity index (χ4n) is 4.46. The third-order valence-corrected chi connectivity index (χ3v) is 6.25. The summed E-state index contributed by atoms with van der Waals surface area (Å²) in [6.45, 7) is 1.53. The predicted molar refractivity (Wildman–Crippen MR) is 95.5 cm³/mol. The fraction of sp³-hybridized carbons (Fsp3) is 0.600. The highest BCUT2D eigenvalue weighted by molar-refractivity contribution is 6.03. The van der Waals surface area contributed by atoms with Crippen molar-refractivity contribution in [2.24, 2.45) is 10.8 Å². The molecule has 3 fully saturated rings. The Bertz CT molecular complexity index is 762. The summed E-state index contributed by atoms with van der Waals surface area (Å²) in [5.41, 5.74) is -0.872. The summed E-state index contributed by atoms with van der Waals surface area (Å²) in [6.07, 6.45) is 1.21. The molecule has 0 spiro atoms. The summed E-state index contributed by atoms with van der Waals surface area (Å²) in [7, 11) is 0. The van der Waals surface area contributed by atoms with Crippen molar-refractivity contribution in [2.45, 2.75) is 51.3 Å². The Balaban J connectivity index is 1.44. The van der Waals surface area contributed by atoms with E-state index in [-0.39, 0.29) is 17.6 Å². The number of carbonyl (C=O) groups is 2. The maximum atomic E-state index is 13.1. The second-order valence-corrected chi connectivity index (χ2v) is 8.04. The van der Waals surface area contributed by atoms with Gasteiger partial charge in [0.05, 0.1) is 10.8 Å². The van der Waals surface area contributed by atoms with Gasteiger partial charge in [0, 0.05) is 18.8 Å². The number of nitrogens with zero attached hydrogens (tertiary/aromatic N) is 1. The lowest BCUT2D eigenvalue weighted by atomic mass is 9.82. The molecule has 1 heterocycles. The zero-order valence-corrected chi connectivity index (χ0v) is 15.5. The molecular formula is C20H23F3N2O3. The van der Waals surface area contributed by atoms with Crippen LogP contribution in [0.25, 0.3) is 0 Å². The Hall–Kier alpha value is -2.25. The Kier molecular flexibility index (Phi) is 4.55.